The number of carbonyl (C=O) groups excluding carboxylic acids is 2. The summed E-state index contributed by atoms with van der Waals surface area (Å²) in [5.74, 6) is -0.279. The Hall–Kier alpha value is -2.37. The van der Waals surface area contributed by atoms with Crippen molar-refractivity contribution < 1.29 is 14.0 Å². The monoisotopic (exact) mass is 345 g/mol. The van der Waals surface area contributed by atoms with Crippen LogP contribution in [0.5, 0.6) is 0 Å². The first kappa shape index (κ1) is 17.5. The summed E-state index contributed by atoms with van der Waals surface area (Å²) in [4.78, 5) is 29.3. The molecule has 1 saturated heterocycles. The van der Waals surface area contributed by atoms with Crippen LogP contribution in [0.25, 0.3) is 10.9 Å². The number of H-pyrrole nitrogens is 1. The molecule has 1 aromatic heterocycles. The maximum absolute atomic E-state index is 13.2. The molecule has 0 saturated carbocycles. The van der Waals surface area contributed by atoms with Gasteiger partial charge >= 0.3 is 0 Å². The molecule has 1 fully saturated rings. The Morgan fingerprint density at radius 1 is 1.40 bits per heavy atom. The third-order valence-electron chi connectivity index (χ3n) is 4.76. The molecule has 0 aliphatic carbocycles. The number of nitrogens with one attached hydrogen (secondary N) is 2. The van der Waals surface area contributed by atoms with Crippen LogP contribution in [-0.4, -0.2) is 40.8 Å². The Morgan fingerprint density at radius 3 is 3.04 bits per heavy atom. The zero-order valence-corrected chi connectivity index (χ0v) is 14.5. The number of fused-ring (bicyclic) bond motifs is 1. The van der Waals surface area contributed by atoms with E-state index < -0.39 is 0 Å². The molecule has 1 aliphatic rings. The average molecular weight is 345 g/mol. The number of halogens is 1. The van der Waals surface area contributed by atoms with Gasteiger partial charge in [-0.3, -0.25) is 9.59 Å². The van der Waals surface area contributed by atoms with Crippen molar-refractivity contribution in [1.29, 1.82) is 0 Å². The van der Waals surface area contributed by atoms with Gasteiger partial charge in [0.15, 0.2) is 0 Å². The van der Waals surface area contributed by atoms with E-state index in [1.165, 1.54) is 12.1 Å². The number of hydrogen-bond donors (Lipinski definition) is 2. The predicted molar refractivity (Wildman–Crippen MR) is 94.6 cm³/mol. The quantitative estimate of drug-likeness (QED) is 0.845. The lowest BCUT2D eigenvalue weighted by molar-refractivity contribution is -0.138. The van der Waals surface area contributed by atoms with Crippen molar-refractivity contribution in [3.8, 4) is 0 Å². The molecule has 0 bridgehead atoms. The van der Waals surface area contributed by atoms with Gasteiger partial charge in [0.05, 0.1) is 0 Å². The first-order chi connectivity index (χ1) is 12.1. The van der Waals surface area contributed by atoms with Crippen LogP contribution in [0, 0.1) is 5.82 Å². The van der Waals surface area contributed by atoms with Crippen molar-refractivity contribution in [3.63, 3.8) is 0 Å². The maximum Gasteiger partial charge on any atom is 0.242 e. The molecule has 5 nitrogen and oxygen atoms in total. The van der Waals surface area contributed by atoms with Crippen molar-refractivity contribution in [2.75, 3.05) is 13.1 Å². The number of nitrogens with zero attached hydrogens (tertiary/aromatic N) is 1. The summed E-state index contributed by atoms with van der Waals surface area (Å²) >= 11 is 0. The van der Waals surface area contributed by atoms with Gasteiger partial charge in [-0.25, -0.2) is 4.39 Å². The Labute approximate surface area is 146 Å². The standard InChI is InChI=1S/C19H24FN3O2/c1-2-4-18(24)23-10-3-5-17(23)19(25)21-9-8-13-12-22-16-11-14(20)6-7-15(13)16/h6-7,11-12,17,22H,2-5,8-10H2,1H3,(H,21,25)/t17-/m1/s1. The van der Waals surface area contributed by atoms with E-state index in [2.05, 4.69) is 10.3 Å². The van der Waals surface area contributed by atoms with Crippen LogP contribution in [-0.2, 0) is 16.0 Å². The third-order valence-corrected chi connectivity index (χ3v) is 4.76. The predicted octanol–water partition coefficient (Wildman–Crippen LogP) is 2.76. The van der Waals surface area contributed by atoms with Gasteiger partial charge in [-0.1, -0.05) is 6.92 Å². The van der Waals surface area contributed by atoms with Crippen molar-refractivity contribution in [2.45, 2.75) is 45.1 Å². The number of carbonyl (C=O) groups is 2. The second kappa shape index (κ2) is 7.68. The largest absolute Gasteiger partial charge is 0.361 e. The molecule has 2 heterocycles. The van der Waals surface area contributed by atoms with E-state index in [0.717, 1.165) is 35.7 Å². The highest BCUT2D eigenvalue weighted by Gasteiger charge is 2.33. The summed E-state index contributed by atoms with van der Waals surface area (Å²) in [7, 11) is 0. The molecule has 1 atom stereocenters. The number of benzene rings is 1. The fraction of sp³-hybridized carbons (Fsp3) is 0.474. The van der Waals surface area contributed by atoms with Gasteiger partial charge in [-0.15, -0.1) is 0 Å². The van der Waals surface area contributed by atoms with Crippen LogP contribution < -0.4 is 5.32 Å². The van der Waals surface area contributed by atoms with Crippen LogP contribution in [0.4, 0.5) is 4.39 Å². The lowest BCUT2D eigenvalue weighted by Crippen LogP contribution is -2.46. The minimum Gasteiger partial charge on any atom is -0.361 e. The van der Waals surface area contributed by atoms with Gasteiger partial charge in [0.2, 0.25) is 11.8 Å². The average Bonchev–Trinajstić information content (AvgIpc) is 3.22. The number of likely N-dealkylation sites (tertiary alicyclic amines) is 1. The fourth-order valence-electron chi connectivity index (χ4n) is 3.50. The summed E-state index contributed by atoms with van der Waals surface area (Å²) < 4.78 is 13.2. The molecule has 1 aliphatic heterocycles. The van der Waals surface area contributed by atoms with Crippen LogP contribution in [0.3, 0.4) is 0 Å². The minimum absolute atomic E-state index is 0.0683. The lowest BCUT2D eigenvalue weighted by atomic mass is 10.1. The number of hydrogen-bond acceptors (Lipinski definition) is 2. The molecule has 3 rings (SSSR count). The van der Waals surface area contributed by atoms with Crippen LogP contribution in [0.1, 0.15) is 38.2 Å². The first-order valence-electron chi connectivity index (χ1n) is 8.93. The van der Waals surface area contributed by atoms with E-state index in [1.807, 2.05) is 13.1 Å². The van der Waals surface area contributed by atoms with Gasteiger partial charge < -0.3 is 15.2 Å². The molecule has 25 heavy (non-hydrogen) atoms. The molecule has 1 aromatic carbocycles. The van der Waals surface area contributed by atoms with E-state index in [1.54, 1.807) is 11.0 Å². The fourth-order valence-corrected chi connectivity index (χ4v) is 3.50. The van der Waals surface area contributed by atoms with Gasteiger partial charge in [-0.05, 0) is 49.4 Å². The second-order valence-corrected chi connectivity index (χ2v) is 6.54. The Bertz CT molecular complexity index is 771. The zero-order chi connectivity index (χ0) is 17.8. The molecule has 6 heteroatoms. The number of aromatic amines is 1. The molecule has 2 N–H and O–H groups in total. The van der Waals surface area contributed by atoms with Gasteiger partial charge in [-0.2, -0.15) is 0 Å². The molecule has 0 unspecified atom stereocenters. The van der Waals surface area contributed by atoms with E-state index in [9.17, 15) is 14.0 Å². The maximum atomic E-state index is 13.2. The van der Waals surface area contributed by atoms with Crippen LogP contribution in [0.2, 0.25) is 0 Å². The van der Waals surface area contributed by atoms with Crippen molar-refractivity contribution in [1.82, 2.24) is 15.2 Å². The first-order valence-corrected chi connectivity index (χ1v) is 8.93. The highest BCUT2D eigenvalue weighted by Crippen LogP contribution is 2.20. The van der Waals surface area contributed by atoms with Crippen molar-refractivity contribution >= 4 is 22.7 Å². The second-order valence-electron chi connectivity index (χ2n) is 6.54. The number of amides is 2. The number of rotatable bonds is 6. The third kappa shape index (κ3) is 3.83. The Balaban J connectivity index is 1.56. The Morgan fingerprint density at radius 2 is 2.24 bits per heavy atom. The van der Waals surface area contributed by atoms with Gasteiger partial charge in [0, 0.05) is 36.6 Å². The zero-order valence-electron chi connectivity index (χ0n) is 14.5. The van der Waals surface area contributed by atoms with E-state index in [-0.39, 0.29) is 23.7 Å². The smallest absolute Gasteiger partial charge is 0.242 e. The summed E-state index contributed by atoms with van der Waals surface area (Å²) in [5.41, 5.74) is 1.80. The van der Waals surface area contributed by atoms with Crippen molar-refractivity contribution in [2.24, 2.45) is 0 Å². The molecule has 2 amide bonds. The SMILES string of the molecule is CCCC(=O)N1CCC[C@@H]1C(=O)NCCc1c[nH]c2cc(F)ccc12. The molecular formula is C19H24FN3O2. The normalized spacial score (nSPS) is 17.2. The summed E-state index contributed by atoms with van der Waals surface area (Å²) in [6.45, 7) is 3.14. The van der Waals surface area contributed by atoms with Crippen LogP contribution >= 0.6 is 0 Å². The lowest BCUT2D eigenvalue weighted by Gasteiger charge is -2.23. The van der Waals surface area contributed by atoms with Gasteiger partial charge in [0.25, 0.3) is 0 Å². The highest BCUT2D eigenvalue weighted by molar-refractivity contribution is 5.88. The summed E-state index contributed by atoms with van der Waals surface area (Å²) in [6, 6.07) is 4.32. The molecule has 0 radical (unpaired) electrons. The highest BCUT2D eigenvalue weighted by atomic mass is 19.1. The van der Waals surface area contributed by atoms with E-state index in [4.69, 9.17) is 0 Å². The van der Waals surface area contributed by atoms with Gasteiger partial charge in [0.1, 0.15) is 11.9 Å². The van der Waals surface area contributed by atoms with Crippen LogP contribution in [0.15, 0.2) is 24.4 Å². The molecule has 134 valence electrons. The summed E-state index contributed by atoms with van der Waals surface area (Å²) in [6.07, 6.45) is 5.41. The van der Waals surface area contributed by atoms with E-state index >= 15 is 0 Å². The summed E-state index contributed by atoms with van der Waals surface area (Å²) in [5, 5.41) is 3.91. The topological polar surface area (TPSA) is 65.2 Å². The number of aromatic nitrogens is 1. The van der Waals surface area contributed by atoms with E-state index in [0.29, 0.717) is 25.9 Å². The Kier molecular flexibility index (Phi) is 5.36. The van der Waals surface area contributed by atoms with Crippen molar-refractivity contribution in [3.05, 3.63) is 35.8 Å². The molecule has 2 aromatic rings. The molecular weight excluding hydrogens is 321 g/mol. The minimum atomic E-state index is -0.337. The molecule has 0 spiro atoms.